The molecule has 0 heterocycles. The zero-order chi connectivity index (χ0) is 14.7. The third kappa shape index (κ3) is 1.63. The van der Waals surface area contributed by atoms with E-state index >= 15 is 0 Å². The summed E-state index contributed by atoms with van der Waals surface area (Å²) < 4.78 is 0. The van der Waals surface area contributed by atoms with E-state index in [4.69, 9.17) is 0 Å². The van der Waals surface area contributed by atoms with Crippen molar-refractivity contribution in [1.29, 1.82) is 0 Å². The van der Waals surface area contributed by atoms with Gasteiger partial charge in [-0.3, -0.25) is 0 Å². The van der Waals surface area contributed by atoms with E-state index in [9.17, 15) is 5.11 Å². The molecule has 2 nitrogen and oxygen atoms in total. The molecule has 3 aliphatic carbocycles. The van der Waals surface area contributed by atoms with Gasteiger partial charge in [-0.25, -0.2) is 0 Å². The predicted molar refractivity (Wildman–Crippen MR) is 85.6 cm³/mol. The van der Waals surface area contributed by atoms with E-state index < -0.39 is 0 Å². The van der Waals surface area contributed by atoms with Gasteiger partial charge < -0.3 is 10.4 Å². The zero-order valence-corrected chi connectivity index (χ0v) is 13.3. The van der Waals surface area contributed by atoms with Crippen LogP contribution < -0.4 is 5.32 Å². The Balaban J connectivity index is 1.87. The van der Waals surface area contributed by atoms with Crippen molar-refractivity contribution in [3.63, 3.8) is 0 Å². The van der Waals surface area contributed by atoms with Gasteiger partial charge in [-0.15, -0.1) is 0 Å². The molecule has 2 saturated carbocycles. The number of aryl methyl sites for hydroxylation is 1. The molecule has 1 aromatic carbocycles. The number of benzene rings is 1. The molecular weight excluding hydrogens is 258 g/mol. The summed E-state index contributed by atoms with van der Waals surface area (Å²) in [6, 6.07) is 6.77. The lowest BCUT2D eigenvalue weighted by molar-refractivity contribution is 0.0233. The summed E-state index contributed by atoms with van der Waals surface area (Å²) >= 11 is 0. The molecule has 0 aliphatic heterocycles. The van der Waals surface area contributed by atoms with Crippen molar-refractivity contribution in [3.05, 3.63) is 29.3 Å². The van der Waals surface area contributed by atoms with Crippen LogP contribution in [0.5, 0.6) is 5.75 Å². The minimum absolute atomic E-state index is 0.235. The van der Waals surface area contributed by atoms with Crippen molar-refractivity contribution >= 4 is 0 Å². The summed E-state index contributed by atoms with van der Waals surface area (Å²) in [4.78, 5) is 0. The van der Waals surface area contributed by atoms with Crippen molar-refractivity contribution < 1.29 is 5.11 Å². The number of hydrogen-bond donors (Lipinski definition) is 2. The number of aromatic hydroxyl groups is 1. The summed E-state index contributed by atoms with van der Waals surface area (Å²) in [7, 11) is 0. The van der Waals surface area contributed by atoms with Crippen LogP contribution in [-0.4, -0.2) is 17.7 Å². The van der Waals surface area contributed by atoms with Gasteiger partial charge in [0, 0.05) is 11.5 Å². The van der Waals surface area contributed by atoms with Crippen LogP contribution in [0.3, 0.4) is 0 Å². The maximum atomic E-state index is 10.0. The van der Waals surface area contributed by atoms with E-state index in [1.165, 1.54) is 49.7 Å². The Kier molecular flexibility index (Phi) is 2.91. The number of nitrogens with one attached hydrogen (secondary N) is 1. The van der Waals surface area contributed by atoms with Crippen LogP contribution >= 0.6 is 0 Å². The first-order valence-corrected chi connectivity index (χ1v) is 8.66. The standard InChI is InChI=1S/C19H27NO/c1-3-20-17-14-6-9-18(2)16-12-15(21)5-4-13(16)7-10-19(17,18)11-8-14/h4-5,12,14,17,20-21H,3,6-11H2,1-2H3/t14-,17-,18+,19+/m1/s1. The number of rotatable bonds is 2. The van der Waals surface area contributed by atoms with Gasteiger partial charge in [0.05, 0.1) is 0 Å². The monoisotopic (exact) mass is 285 g/mol. The van der Waals surface area contributed by atoms with E-state index in [0.29, 0.717) is 17.2 Å². The molecule has 0 aromatic heterocycles. The second kappa shape index (κ2) is 4.49. The Morgan fingerprint density at radius 3 is 2.86 bits per heavy atom. The summed E-state index contributed by atoms with van der Waals surface area (Å²) in [5, 5.41) is 13.9. The number of phenols is 1. The SMILES string of the molecule is CCN[C@@H]1[C@H]2CC[C@@]13CCc1ccc(O)cc1[C@]3(C)CC2. The van der Waals surface area contributed by atoms with E-state index in [2.05, 4.69) is 31.3 Å². The summed E-state index contributed by atoms with van der Waals surface area (Å²) in [5.41, 5.74) is 3.56. The average molecular weight is 285 g/mol. The van der Waals surface area contributed by atoms with E-state index in [1.54, 1.807) is 0 Å². The third-order valence-corrected chi connectivity index (χ3v) is 7.09. The fourth-order valence-electron chi connectivity index (χ4n) is 6.06. The third-order valence-electron chi connectivity index (χ3n) is 7.09. The maximum Gasteiger partial charge on any atom is 0.115 e. The first kappa shape index (κ1) is 13.6. The molecule has 0 radical (unpaired) electrons. The van der Waals surface area contributed by atoms with Crippen LogP contribution in [0.25, 0.3) is 0 Å². The molecule has 2 bridgehead atoms. The van der Waals surface area contributed by atoms with Crippen molar-refractivity contribution in [2.45, 2.75) is 63.8 Å². The Bertz CT molecular complexity index is 569. The topological polar surface area (TPSA) is 32.3 Å². The van der Waals surface area contributed by atoms with Gasteiger partial charge in [0.1, 0.15) is 5.75 Å². The van der Waals surface area contributed by atoms with Crippen LogP contribution in [0.1, 0.15) is 57.1 Å². The molecule has 1 aromatic rings. The van der Waals surface area contributed by atoms with Crippen molar-refractivity contribution in [1.82, 2.24) is 5.32 Å². The molecule has 21 heavy (non-hydrogen) atoms. The Hall–Kier alpha value is -1.02. The van der Waals surface area contributed by atoms with Crippen molar-refractivity contribution in [2.24, 2.45) is 11.3 Å². The average Bonchev–Trinajstić information content (AvgIpc) is 2.73. The maximum absolute atomic E-state index is 10.0. The quantitative estimate of drug-likeness (QED) is 0.867. The second-order valence-electron chi connectivity index (χ2n) is 7.70. The zero-order valence-electron chi connectivity index (χ0n) is 13.3. The smallest absolute Gasteiger partial charge is 0.115 e. The fraction of sp³-hybridized carbons (Fsp3) is 0.684. The lowest BCUT2D eigenvalue weighted by Crippen LogP contribution is -2.60. The van der Waals surface area contributed by atoms with E-state index in [0.717, 1.165) is 12.5 Å². The van der Waals surface area contributed by atoms with Crippen LogP contribution in [0.15, 0.2) is 18.2 Å². The Labute approximate surface area is 128 Å². The Morgan fingerprint density at radius 1 is 1.24 bits per heavy atom. The molecule has 114 valence electrons. The molecule has 3 aliphatic rings. The van der Waals surface area contributed by atoms with Crippen LogP contribution in [-0.2, 0) is 11.8 Å². The van der Waals surface area contributed by atoms with Gasteiger partial charge in [0.2, 0.25) is 0 Å². The summed E-state index contributed by atoms with van der Waals surface area (Å²) in [6.45, 7) is 5.80. The van der Waals surface area contributed by atoms with E-state index in [-0.39, 0.29) is 5.41 Å². The first-order valence-electron chi connectivity index (χ1n) is 8.66. The molecule has 2 N–H and O–H groups in total. The van der Waals surface area contributed by atoms with Gasteiger partial charge in [-0.2, -0.15) is 0 Å². The number of phenolic OH excluding ortho intramolecular Hbond substituents is 1. The predicted octanol–water partition coefficient (Wildman–Crippen LogP) is 3.76. The van der Waals surface area contributed by atoms with Crippen LogP contribution in [0, 0.1) is 11.3 Å². The van der Waals surface area contributed by atoms with Crippen molar-refractivity contribution in [3.8, 4) is 5.75 Å². The van der Waals surface area contributed by atoms with Gasteiger partial charge in [-0.1, -0.05) is 19.9 Å². The molecule has 2 heteroatoms. The first-order chi connectivity index (χ1) is 10.1. The summed E-state index contributed by atoms with van der Waals surface area (Å²) in [5.74, 6) is 1.31. The highest BCUT2D eigenvalue weighted by Crippen LogP contribution is 2.65. The lowest BCUT2D eigenvalue weighted by Gasteiger charge is -2.58. The van der Waals surface area contributed by atoms with Crippen LogP contribution in [0.4, 0.5) is 0 Å². The van der Waals surface area contributed by atoms with Gasteiger partial charge in [-0.05, 0) is 79.7 Å². The molecule has 2 fully saturated rings. The van der Waals surface area contributed by atoms with Gasteiger partial charge in [0.15, 0.2) is 0 Å². The molecule has 4 atom stereocenters. The normalized spacial score (nSPS) is 40.7. The molecule has 0 saturated heterocycles. The minimum atomic E-state index is 0.235. The van der Waals surface area contributed by atoms with Gasteiger partial charge in [0.25, 0.3) is 0 Å². The number of fused-ring (bicyclic) bond motifs is 3. The lowest BCUT2D eigenvalue weighted by atomic mass is 9.48. The van der Waals surface area contributed by atoms with Crippen molar-refractivity contribution in [2.75, 3.05) is 6.54 Å². The molecule has 1 spiro atoms. The molecule has 4 rings (SSSR count). The molecule has 0 unspecified atom stereocenters. The minimum Gasteiger partial charge on any atom is -0.508 e. The van der Waals surface area contributed by atoms with Crippen LogP contribution in [0.2, 0.25) is 0 Å². The summed E-state index contributed by atoms with van der Waals surface area (Å²) in [6.07, 6.45) is 7.87. The Morgan fingerprint density at radius 2 is 2.05 bits per heavy atom. The number of hydrogen-bond acceptors (Lipinski definition) is 2. The second-order valence-corrected chi connectivity index (χ2v) is 7.70. The highest BCUT2D eigenvalue weighted by Gasteiger charge is 2.62. The van der Waals surface area contributed by atoms with Gasteiger partial charge >= 0.3 is 0 Å². The largest absolute Gasteiger partial charge is 0.508 e. The van der Waals surface area contributed by atoms with E-state index in [1.807, 2.05) is 6.07 Å². The molecular formula is C19H27NO. The highest BCUT2D eigenvalue weighted by molar-refractivity contribution is 5.45. The molecule has 0 amide bonds. The highest BCUT2D eigenvalue weighted by atomic mass is 16.3. The fourth-order valence-corrected chi connectivity index (χ4v) is 6.06.